The summed E-state index contributed by atoms with van der Waals surface area (Å²) >= 11 is 0. The van der Waals surface area contributed by atoms with Crippen molar-refractivity contribution >= 4 is 5.96 Å². The van der Waals surface area contributed by atoms with Gasteiger partial charge >= 0.3 is 0 Å². The quantitative estimate of drug-likeness (QED) is 0.358. The van der Waals surface area contributed by atoms with Crippen LogP contribution in [0.15, 0.2) is 33.8 Å². The van der Waals surface area contributed by atoms with Crippen molar-refractivity contribution in [3.05, 3.63) is 30.2 Å². The second kappa shape index (κ2) is 11.1. The van der Waals surface area contributed by atoms with Crippen molar-refractivity contribution in [2.45, 2.75) is 25.7 Å². The van der Waals surface area contributed by atoms with E-state index in [1.54, 1.807) is 14.2 Å². The molecular formula is C18H27N5O3. The fourth-order valence-corrected chi connectivity index (χ4v) is 2.32. The molecule has 0 radical (unpaired) electrons. The number of methoxy groups -OCH3 is 2. The second-order valence-electron chi connectivity index (χ2n) is 5.74. The Morgan fingerprint density at radius 2 is 2.00 bits per heavy atom. The molecule has 0 aliphatic carbocycles. The third-order valence-electron chi connectivity index (χ3n) is 3.76. The van der Waals surface area contributed by atoms with Crippen molar-refractivity contribution in [2.75, 3.05) is 33.9 Å². The Morgan fingerprint density at radius 1 is 1.19 bits per heavy atom. The summed E-state index contributed by atoms with van der Waals surface area (Å²) in [5, 5.41) is 7.02. The van der Waals surface area contributed by atoms with E-state index in [1.807, 2.05) is 24.3 Å². The second-order valence-corrected chi connectivity index (χ2v) is 5.74. The number of nitrogens with two attached hydrogens (primary N) is 1. The molecule has 26 heavy (non-hydrogen) atoms. The molecule has 3 N–H and O–H groups in total. The minimum Gasteiger partial charge on any atom is -0.497 e. The molecule has 2 aromatic rings. The Kier molecular flexibility index (Phi) is 8.41. The van der Waals surface area contributed by atoms with Crippen LogP contribution in [-0.4, -0.2) is 50.0 Å². The summed E-state index contributed by atoms with van der Waals surface area (Å²) in [6.45, 7) is 1.98. The monoisotopic (exact) mass is 361 g/mol. The maximum atomic E-state index is 5.74. The Morgan fingerprint density at radius 3 is 2.73 bits per heavy atom. The van der Waals surface area contributed by atoms with Crippen molar-refractivity contribution in [1.82, 2.24) is 15.5 Å². The van der Waals surface area contributed by atoms with Gasteiger partial charge in [-0.05, 0) is 37.1 Å². The Labute approximate surface area is 153 Å². The predicted octanol–water partition coefficient (Wildman–Crippen LogP) is 2.01. The van der Waals surface area contributed by atoms with Crippen LogP contribution in [-0.2, 0) is 11.2 Å². The van der Waals surface area contributed by atoms with Crippen molar-refractivity contribution < 1.29 is 14.0 Å². The zero-order valence-electron chi connectivity index (χ0n) is 15.4. The lowest BCUT2D eigenvalue weighted by atomic mass is 10.2. The molecular weight excluding hydrogens is 334 g/mol. The van der Waals surface area contributed by atoms with E-state index in [0.29, 0.717) is 37.4 Å². The van der Waals surface area contributed by atoms with Crippen molar-refractivity contribution in [2.24, 2.45) is 10.7 Å². The summed E-state index contributed by atoms with van der Waals surface area (Å²) in [7, 11) is 3.29. The Balaban J connectivity index is 1.66. The van der Waals surface area contributed by atoms with E-state index in [1.165, 1.54) is 0 Å². The van der Waals surface area contributed by atoms with E-state index in [2.05, 4.69) is 20.4 Å². The lowest BCUT2D eigenvalue weighted by molar-refractivity contribution is 0.204. The lowest BCUT2D eigenvalue weighted by Gasteiger charge is -2.04. The molecule has 0 saturated heterocycles. The summed E-state index contributed by atoms with van der Waals surface area (Å²) in [6, 6.07) is 7.58. The molecule has 1 aromatic carbocycles. The smallest absolute Gasteiger partial charge is 0.226 e. The fraction of sp³-hybridized carbons (Fsp3) is 0.500. The molecule has 0 saturated carbocycles. The number of benzene rings is 1. The normalized spacial score (nSPS) is 11.5. The molecule has 0 bridgehead atoms. The SMILES string of the molecule is COCCNC(N)=NCCCCCc1nc(-c2ccc(OC)cc2)no1. The summed E-state index contributed by atoms with van der Waals surface area (Å²) in [5.74, 6) is 2.51. The molecule has 0 spiro atoms. The zero-order valence-corrected chi connectivity index (χ0v) is 15.4. The summed E-state index contributed by atoms with van der Waals surface area (Å²) in [4.78, 5) is 8.70. The molecule has 0 atom stereocenters. The van der Waals surface area contributed by atoms with Gasteiger partial charge < -0.3 is 25.0 Å². The largest absolute Gasteiger partial charge is 0.497 e. The zero-order chi connectivity index (χ0) is 18.6. The number of hydrogen-bond acceptors (Lipinski definition) is 6. The van der Waals surface area contributed by atoms with Crippen molar-refractivity contribution in [3.8, 4) is 17.1 Å². The van der Waals surface area contributed by atoms with Gasteiger partial charge in [-0.1, -0.05) is 11.6 Å². The van der Waals surface area contributed by atoms with Gasteiger partial charge in [0.2, 0.25) is 11.7 Å². The van der Waals surface area contributed by atoms with E-state index in [0.717, 1.165) is 37.0 Å². The molecule has 0 aliphatic heterocycles. The van der Waals surface area contributed by atoms with Crippen LogP contribution in [0.25, 0.3) is 11.4 Å². The molecule has 0 aliphatic rings. The highest BCUT2D eigenvalue weighted by Gasteiger charge is 2.08. The van der Waals surface area contributed by atoms with E-state index in [9.17, 15) is 0 Å². The van der Waals surface area contributed by atoms with Crippen LogP contribution in [0, 0.1) is 0 Å². The number of unbranched alkanes of at least 4 members (excludes halogenated alkanes) is 2. The number of guanidine groups is 1. The first-order valence-electron chi connectivity index (χ1n) is 8.72. The van der Waals surface area contributed by atoms with E-state index in [-0.39, 0.29) is 0 Å². The third-order valence-corrected chi connectivity index (χ3v) is 3.76. The fourth-order valence-electron chi connectivity index (χ4n) is 2.32. The summed E-state index contributed by atoms with van der Waals surface area (Å²) in [6.07, 6.45) is 3.71. The number of nitrogens with zero attached hydrogens (tertiary/aromatic N) is 3. The highest BCUT2D eigenvalue weighted by Crippen LogP contribution is 2.20. The molecule has 1 heterocycles. The Hall–Kier alpha value is -2.61. The van der Waals surface area contributed by atoms with Crippen LogP contribution in [0.1, 0.15) is 25.2 Å². The van der Waals surface area contributed by atoms with Crippen molar-refractivity contribution in [1.29, 1.82) is 0 Å². The summed E-state index contributed by atoms with van der Waals surface area (Å²) in [5.41, 5.74) is 6.65. The van der Waals surface area contributed by atoms with Gasteiger partial charge in [0.1, 0.15) is 5.75 Å². The number of aryl methyl sites for hydroxylation is 1. The number of ether oxygens (including phenoxy) is 2. The topological polar surface area (TPSA) is 108 Å². The highest BCUT2D eigenvalue weighted by atomic mass is 16.5. The number of nitrogens with one attached hydrogen (secondary N) is 1. The average molecular weight is 361 g/mol. The van der Waals surface area contributed by atoms with E-state index in [4.69, 9.17) is 19.7 Å². The van der Waals surface area contributed by atoms with Gasteiger partial charge in [-0.3, -0.25) is 4.99 Å². The first-order chi connectivity index (χ1) is 12.7. The van der Waals surface area contributed by atoms with Crippen molar-refractivity contribution in [3.63, 3.8) is 0 Å². The molecule has 0 amide bonds. The van der Waals surface area contributed by atoms with E-state index >= 15 is 0 Å². The molecule has 142 valence electrons. The number of aliphatic imine (C=N–C) groups is 1. The van der Waals surface area contributed by atoms with Gasteiger partial charge in [0.15, 0.2) is 5.96 Å². The predicted molar refractivity (Wildman–Crippen MR) is 100 cm³/mol. The lowest BCUT2D eigenvalue weighted by Crippen LogP contribution is -2.34. The molecule has 1 aromatic heterocycles. The standard InChI is InChI=1S/C18H27N5O3/c1-24-13-12-21-18(19)20-11-5-3-4-6-16-22-17(23-26-16)14-7-9-15(25-2)10-8-14/h7-10H,3-6,11-13H2,1-2H3,(H3,19,20,21). The molecule has 8 nitrogen and oxygen atoms in total. The van der Waals surface area contributed by atoms with Crippen LogP contribution in [0.5, 0.6) is 5.75 Å². The number of hydrogen-bond donors (Lipinski definition) is 2. The third kappa shape index (κ3) is 6.72. The van der Waals surface area contributed by atoms with Gasteiger partial charge in [0.25, 0.3) is 0 Å². The maximum Gasteiger partial charge on any atom is 0.226 e. The Bertz CT molecular complexity index is 670. The molecule has 0 fully saturated rings. The van der Waals surface area contributed by atoms with Gasteiger partial charge in [-0.25, -0.2) is 0 Å². The van der Waals surface area contributed by atoms with Crippen LogP contribution < -0.4 is 15.8 Å². The van der Waals surface area contributed by atoms with Gasteiger partial charge in [-0.15, -0.1) is 0 Å². The minimum absolute atomic E-state index is 0.461. The van der Waals surface area contributed by atoms with Crippen LogP contribution >= 0.6 is 0 Å². The average Bonchev–Trinajstić information content (AvgIpc) is 3.14. The first kappa shape index (κ1) is 19.7. The number of aromatic nitrogens is 2. The van der Waals surface area contributed by atoms with Gasteiger partial charge in [-0.2, -0.15) is 4.98 Å². The van der Waals surface area contributed by atoms with E-state index < -0.39 is 0 Å². The molecule has 2 rings (SSSR count). The van der Waals surface area contributed by atoms with Gasteiger partial charge in [0, 0.05) is 32.2 Å². The van der Waals surface area contributed by atoms with Gasteiger partial charge in [0.05, 0.1) is 13.7 Å². The number of rotatable bonds is 11. The van der Waals surface area contributed by atoms with Crippen LogP contribution in [0.2, 0.25) is 0 Å². The highest BCUT2D eigenvalue weighted by molar-refractivity contribution is 5.77. The summed E-state index contributed by atoms with van der Waals surface area (Å²) < 4.78 is 15.4. The molecule has 0 unspecified atom stereocenters. The minimum atomic E-state index is 0.461. The van der Waals surface area contributed by atoms with Crippen LogP contribution in [0.3, 0.4) is 0 Å². The molecule has 8 heteroatoms. The van der Waals surface area contributed by atoms with Crippen LogP contribution in [0.4, 0.5) is 0 Å². The first-order valence-corrected chi connectivity index (χ1v) is 8.72. The maximum absolute atomic E-state index is 5.74.